The summed E-state index contributed by atoms with van der Waals surface area (Å²) in [6.07, 6.45) is 5.45. The maximum atomic E-state index is 8.43. The first-order valence-corrected chi connectivity index (χ1v) is 3.97. The second-order valence-electron chi connectivity index (χ2n) is 3.07. The van der Waals surface area contributed by atoms with Gasteiger partial charge in [0.25, 0.3) is 0 Å². The van der Waals surface area contributed by atoms with Gasteiger partial charge in [0.05, 0.1) is 6.07 Å². The lowest BCUT2D eigenvalue weighted by molar-refractivity contribution is 0.312. The molecule has 10 heavy (non-hydrogen) atoms. The Balaban J connectivity index is 2.34. The van der Waals surface area contributed by atoms with Crippen LogP contribution in [0.4, 0.5) is 0 Å². The van der Waals surface area contributed by atoms with Crippen molar-refractivity contribution in [3.63, 3.8) is 0 Å². The van der Waals surface area contributed by atoms with Gasteiger partial charge >= 0.3 is 0 Å². The number of nitrogens with two attached hydrogens (primary N) is 1. The molecule has 0 aromatic heterocycles. The zero-order valence-electron chi connectivity index (χ0n) is 6.21. The van der Waals surface area contributed by atoms with Gasteiger partial charge in [0.1, 0.15) is 0 Å². The van der Waals surface area contributed by atoms with Crippen LogP contribution in [0.3, 0.4) is 0 Å². The minimum absolute atomic E-state index is 0.299. The normalized spacial score (nSPS) is 33.2. The van der Waals surface area contributed by atoms with Crippen molar-refractivity contribution in [3.05, 3.63) is 0 Å². The van der Waals surface area contributed by atoms with E-state index < -0.39 is 0 Å². The zero-order chi connectivity index (χ0) is 7.40. The van der Waals surface area contributed by atoms with Crippen LogP contribution in [0, 0.1) is 17.2 Å². The van der Waals surface area contributed by atoms with Gasteiger partial charge in [-0.3, -0.25) is 0 Å². The first-order valence-electron chi connectivity index (χ1n) is 3.97. The molecule has 0 spiro atoms. The monoisotopic (exact) mass is 138 g/mol. The Morgan fingerprint density at radius 2 is 2.10 bits per heavy atom. The molecule has 56 valence electrons. The van der Waals surface area contributed by atoms with Gasteiger partial charge in [0, 0.05) is 12.5 Å². The fraction of sp³-hybridized carbons (Fsp3) is 0.875. The Hall–Kier alpha value is -0.550. The van der Waals surface area contributed by atoms with Crippen molar-refractivity contribution < 1.29 is 0 Å². The second-order valence-corrected chi connectivity index (χ2v) is 3.07. The molecule has 0 saturated heterocycles. The highest BCUT2D eigenvalue weighted by Crippen LogP contribution is 2.24. The minimum atomic E-state index is 0.299. The summed E-state index contributed by atoms with van der Waals surface area (Å²) in [4.78, 5) is 0. The highest BCUT2D eigenvalue weighted by Gasteiger charge is 2.20. The topological polar surface area (TPSA) is 49.8 Å². The SMILES string of the molecule is N#CC[C@H]1CCCCC1N. The number of hydrogen-bond donors (Lipinski definition) is 1. The Labute approximate surface area is 62.0 Å². The number of rotatable bonds is 1. The van der Waals surface area contributed by atoms with Crippen LogP contribution in [0.5, 0.6) is 0 Å². The Bertz CT molecular complexity index is 137. The summed E-state index contributed by atoms with van der Waals surface area (Å²) in [6.45, 7) is 0. The minimum Gasteiger partial charge on any atom is -0.327 e. The quantitative estimate of drug-likeness (QED) is 0.595. The molecule has 2 atom stereocenters. The predicted octanol–water partition coefficient (Wildman–Crippen LogP) is 1.42. The summed E-state index contributed by atoms with van der Waals surface area (Å²) in [5, 5.41) is 8.43. The third kappa shape index (κ3) is 1.71. The molecule has 1 fully saturated rings. The van der Waals surface area contributed by atoms with Gasteiger partial charge in [-0.25, -0.2) is 0 Å². The zero-order valence-corrected chi connectivity index (χ0v) is 6.21. The lowest BCUT2D eigenvalue weighted by atomic mass is 9.83. The average Bonchev–Trinajstić information content (AvgIpc) is 1.94. The van der Waals surface area contributed by atoms with Crippen LogP contribution in [0.15, 0.2) is 0 Å². The highest BCUT2D eigenvalue weighted by atomic mass is 14.7. The van der Waals surface area contributed by atoms with Crippen LogP contribution in [0.1, 0.15) is 32.1 Å². The molecular weight excluding hydrogens is 124 g/mol. The van der Waals surface area contributed by atoms with E-state index in [-0.39, 0.29) is 0 Å². The lowest BCUT2D eigenvalue weighted by Crippen LogP contribution is -2.32. The first-order chi connectivity index (χ1) is 4.84. The van der Waals surface area contributed by atoms with E-state index in [9.17, 15) is 0 Å². The van der Waals surface area contributed by atoms with E-state index >= 15 is 0 Å². The van der Waals surface area contributed by atoms with Gasteiger partial charge in [0.2, 0.25) is 0 Å². The van der Waals surface area contributed by atoms with E-state index in [4.69, 9.17) is 11.0 Å². The van der Waals surface area contributed by atoms with Crippen LogP contribution in [-0.4, -0.2) is 6.04 Å². The molecule has 2 nitrogen and oxygen atoms in total. The summed E-state index contributed by atoms with van der Waals surface area (Å²) in [6, 6.07) is 2.49. The highest BCUT2D eigenvalue weighted by molar-refractivity contribution is 4.85. The largest absolute Gasteiger partial charge is 0.327 e. The van der Waals surface area contributed by atoms with Crippen LogP contribution in [-0.2, 0) is 0 Å². The molecule has 0 aromatic carbocycles. The van der Waals surface area contributed by atoms with Crippen molar-refractivity contribution in [1.82, 2.24) is 0 Å². The molecule has 0 aliphatic heterocycles. The van der Waals surface area contributed by atoms with E-state index in [1.807, 2.05) is 0 Å². The molecule has 2 heteroatoms. The molecule has 0 heterocycles. The number of hydrogen-bond acceptors (Lipinski definition) is 2. The fourth-order valence-electron chi connectivity index (χ4n) is 1.61. The molecule has 1 aliphatic rings. The molecule has 0 amide bonds. The molecule has 0 bridgehead atoms. The maximum absolute atomic E-state index is 8.43. The van der Waals surface area contributed by atoms with Crippen molar-refractivity contribution in [2.24, 2.45) is 11.7 Å². The molecule has 0 radical (unpaired) electrons. The van der Waals surface area contributed by atoms with Crippen molar-refractivity contribution in [3.8, 4) is 6.07 Å². The van der Waals surface area contributed by atoms with Gasteiger partial charge in [0.15, 0.2) is 0 Å². The van der Waals surface area contributed by atoms with Gasteiger partial charge in [-0.1, -0.05) is 12.8 Å². The van der Waals surface area contributed by atoms with Gasteiger partial charge in [-0.05, 0) is 18.8 Å². The second kappa shape index (κ2) is 3.58. The number of nitriles is 1. The molecule has 2 N–H and O–H groups in total. The standard InChI is InChI=1S/C8H14N2/c9-6-5-7-3-1-2-4-8(7)10/h7-8H,1-5,10H2/t7-,8?/m1/s1. The summed E-state index contributed by atoms with van der Waals surface area (Å²) >= 11 is 0. The Kier molecular flexibility index (Phi) is 2.70. The average molecular weight is 138 g/mol. The predicted molar refractivity (Wildman–Crippen MR) is 40.2 cm³/mol. The van der Waals surface area contributed by atoms with E-state index in [0.29, 0.717) is 18.4 Å². The van der Waals surface area contributed by atoms with Crippen molar-refractivity contribution >= 4 is 0 Å². The van der Waals surface area contributed by atoms with E-state index in [0.717, 1.165) is 12.8 Å². The van der Waals surface area contributed by atoms with Gasteiger partial charge < -0.3 is 5.73 Å². The summed E-state index contributed by atoms with van der Waals surface area (Å²) in [7, 11) is 0. The van der Waals surface area contributed by atoms with Gasteiger partial charge in [-0.15, -0.1) is 0 Å². The third-order valence-corrected chi connectivity index (χ3v) is 2.32. The molecule has 1 unspecified atom stereocenters. The number of nitrogens with zero attached hydrogens (tertiary/aromatic N) is 1. The summed E-state index contributed by atoms with van der Waals surface area (Å²) in [5.41, 5.74) is 5.81. The van der Waals surface area contributed by atoms with Crippen molar-refractivity contribution in [2.45, 2.75) is 38.1 Å². The summed E-state index contributed by atoms with van der Waals surface area (Å²) < 4.78 is 0. The molecule has 1 rings (SSSR count). The molecule has 0 aromatic rings. The van der Waals surface area contributed by atoms with Crippen molar-refractivity contribution in [1.29, 1.82) is 5.26 Å². The van der Waals surface area contributed by atoms with E-state index in [2.05, 4.69) is 6.07 Å². The van der Waals surface area contributed by atoms with Crippen LogP contribution in [0.25, 0.3) is 0 Å². The third-order valence-electron chi connectivity index (χ3n) is 2.32. The van der Waals surface area contributed by atoms with Gasteiger partial charge in [-0.2, -0.15) is 5.26 Å². The summed E-state index contributed by atoms with van der Waals surface area (Å²) in [5.74, 6) is 0.485. The van der Waals surface area contributed by atoms with E-state index in [1.165, 1.54) is 12.8 Å². The Morgan fingerprint density at radius 3 is 2.70 bits per heavy atom. The Morgan fingerprint density at radius 1 is 1.40 bits per heavy atom. The smallest absolute Gasteiger partial charge is 0.0625 e. The van der Waals surface area contributed by atoms with Crippen LogP contribution < -0.4 is 5.73 Å². The fourth-order valence-corrected chi connectivity index (χ4v) is 1.61. The maximum Gasteiger partial charge on any atom is 0.0625 e. The molecule has 1 saturated carbocycles. The van der Waals surface area contributed by atoms with Crippen molar-refractivity contribution in [2.75, 3.05) is 0 Å². The van der Waals surface area contributed by atoms with E-state index in [1.54, 1.807) is 0 Å². The van der Waals surface area contributed by atoms with Crippen LogP contribution >= 0.6 is 0 Å². The molecule has 1 aliphatic carbocycles. The lowest BCUT2D eigenvalue weighted by Gasteiger charge is -2.26. The van der Waals surface area contributed by atoms with Crippen LogP contribution in [0.2, 0.25) is 0 Å². The first kappa shape index (κ1) is 7.56. The molecular formula is C8H14N2.